The van der Waals surface area contributed by atoms with Crippen LogP contribution in [-0.2, 0) is 0 Å². The Morgan fingerprint density at radius 2 is 2.10 bits per heavy atom. The Bertz CT molecular complexity index is 348. The van der Waals surface area contributed by atoms with E-state index in [-0.39, 0.29) is 0 Å². The Labute approximate surface area is 125 Å². The van der Waals surface area contributed by atoms with Crippen LogP contribution < -0.4 is 0 Å². The number of rotatable bonds is 4. The van der Waals surface area contributed by atoms with Crippen LogP contribution in [0.1, 0.15) is 52.5 Å². The average Bonchev–Trinajstić information content (AvgIpc) is 2.80. The highest BCUT2D eigenvalue weighted by atomic mass is 15.2. The molecule has 0 aliphatic carbocycles. The minimum atomic E-state index is 0.745. The number of unbranched alkanes of at least 4 members (excludes halogenated alkanes) is 1. The van der Waals surface area contributed by atoms with Crippen LogP contribution in [0, 0.1) is 18.8 Å². The molecule has 1 aromatic heterocycles. The highest BCUT2D eigenvalue weighted by molar-refractivity contribution is 5.04. The topological polar surface area (TPSA) is 16.1 Å². The number of hydrogen-bond donors (Lipinski definition) is 0. The van der Waals surface area contributed by atoms with Crippen LogP contribution in [0.2, 0.25) is 0 Å². The van der Waals surface area contributed by atoms with Gasteiger partial charge in [-0.15, -0.1) is 0 Å². The van der Waals surface area contributed by atoms with Gasteiger partial charge in [-0.05, 0) is 50.7 Å². The van der Waals surface area contributed by atoms with Crippen molar-refractivity contribution >= 4 is 0 Å². The molecule has 0 amide bonds. The van der Waals surface area contributed by atoms with E-state index in [1.54, 1.807) is 6.20 Å². The second-order valence-corrected chi connectivity index (χ2v) is 6.46. The SMILES string of the molecule is CCCCC1CN(C(C)C)CC1C.Cc1cccnc1. The Kier molecular flexibility index (Phi) is 7.83. The Balaban J connectivity index is 0.000000240. The molecule has 2 rings (SSSR count). The molecule has 1 aromatic rings. The van der Waals surface area contributed by atoms with Crippen molar-refractivity contribution in [1.29, 1.82) is 0 Å². The summed E-state index contributed by atoms with van der Waals surface area (Å²) in [6.45, 7) is 14.0. The summed E-state index contributed by atoms with van der Waals surface area (Å²) < 4.78 is 0. The van der Waals surface area contributed by atoms with Gasteiger partial charge in [0.15, 0.2) is 0 Å². The van der Waals surface area contributed by atoms with Gasteiger partial charge in [-0.2, -0.15) is 0 Å². The van der Waals surface area contributed by atoms with E-state index in [0.29, 0.717) is 0 Å². The normalized spacial score (nSPS) is 22.7. The summed E-state index contributed by atoms with van der Waals surface area (Å²) in [5, 5.41) is 0. The molecule has 2 nitrogen and oxygen atoms in total. The maximum Gasteiger partial charge on any atom is 0.0297 e. The van der Waals surface area contributed by atoms with E-state index in [4.69, 9.17) is 0 Å². The molecule has 1 aliphatic heterocycles. The molecule has 2 unspecified atom stereocenters. The van der Waals surface area contributed by atoms with Gasteiger partial charge in [0.2, 0.25) is 0 Å². The molecule has 0 radical (unpaired) electrons. The molecule has 0 spiro atoms. The van der Waals surface area contributed by atoms with Gasteiger partial charge in [0.05, 0.1) is 0 Å². The molecule has 1 saturated heterocycles. The zero-order valence-corrected chi connectivity index (χ0v) is 14.0. The first-order chi connectivity index (χ1) is 9.54. The van der Waals surface area contributed by atoms with Gasteiger partial charge in [0.1, 0.15) is 0 Å². The van der Waals surface area contributed by atoms with Gasteiger partial charge in [0.25, 0.3) is 0 Å². The number of aromatic nitrogens is 1. The van der Waals surface area contributed by atoms with Crippen LogP contribution in [0.25, 0.3) is 0 Å². The van der Waals surface area contributed by atoms with Crippen molar-refractivity contribution in [3.63, 3.8) is 0 Å². The van der Waals surface area contributed by atoms with Gasteiger partial charge in [-0.1, -0.05) is 32.8 Å². The Morgan fingerprint density at radius 1 is 1.35 bits per heavy atom. The first-order valence-corrected chi connectivity index (χ1v) is 8.15. The lowest BCUT2D eigenvalue weighted by molar-refractivity contribution is 0.260. The summed E-state index contributed by atoms with van der Waals surface area (Å²) in [6, 6.07) is 4.69. The highest BCUT2D eigenvalue weighted by Crippen LogP contribution is 2.28. The number of pyridine rings is 1. The smallest absolute Gasteiger partial charge is 0.0297 e. The number of nitrogens with zero attached hydrogens (tertiary/aromatic N) is 2. The van der Waals surface area contributed by atoms with Gasteiger partial charge in [-0.3, -0.25) is 4.98 Å². The molecule has 2 heterocycles. The van der Waals surface area contributed by atoms with Crippen molar-refractivity contribution < 1.29 is 0 Å². The third kappa shape index (κ3) is 6.04. The summed E-state index contributed by atoms with van der Waals surface area (Å²) in [5.41, 5.74) is 1.21. The molecule has 1 aliphatic rings. The number of aryl methyl sites for hydroxylation is 1. The van der Waals surface area contributed by atoms with Crippen LogP contribution in [0.4, 0.5) is 0 Å². The van der Waals surface area contributed by atoms with E-state index in [1.807, 2.05) is 25.3 Å². The first kappa shape index (κ1) is 17.2. The van der Waals surface area contributed by atoms with E-state index < -0.39 is 0 Å². The largest absolute Gasteiger partial charge is 0.300 e. The van der Waals surface area contributed by atoms with E-state index in [1.165, 1.54) is 37.9 Å². The van der Waals surface area contributed by atoms with Crippen LogP contribution >= 0.6 is 0 Å². The second-order valence-electron chi connectivity index (χ2n) is 6.46. The standard InChI is InChI=1S/C12H25N.C6H7N/c1-5-6-7-12-9-13(10(2)3)8-11(12)4;1-6-3-2-4-7-5-6/h10-12H,5-9H2,1-4H3;2-5H,1H3. The molecule has 0 N–H and O–H groups in total. The third-order valence-electron chi connectivity index (χ3n) is 4.26. The first-order valence-electron chi connectivity index (χ1n) is 8.15. The van der Waals surface area contributed by atoms with E-state index in [2.05, 4.69) is 37.6 Å². The van der Waals surface area contributed by atoms with E-state index in [0.717, 1.165) is 17.9 Å². The van der Waals surface area contributed by atoms with Crippen molar-refractivity contribution in [2.75, 3.05) is 13.1 Å². The van der Waals surface area contributed by atoms with Gasteiger partial charge in [0, 0.05) is 31.5 Å². The summed E-state index contributed by atoms with van der Waals surface area (Å²) >= 11 is 0. The van der Waals surface area contributed by atoms with Crippen molar-refractivity contribution in [3.8, 4) is 0 Å². The minimum absolute atomic E-state index is 0.745. The van der Waals surface area contributed by atoms with Crippen LogP contribution in [0.3, 0.4) is 0 Å². The molecule has 1 fully saturated rings. The van der Waals surface area contributed by atoms with Crippen molar-refractivity contribution in [2.45, 2.75) is 59.9 Å². The van der Waals surface area contributed by atoms with Crippen molar-refractivity contribution in [3.05, 3.63) is 30.1 Å². The quantitative estimate of drug-likeness (QED) is 0.802. The monoisotopic (exact) mass is 276 g/mol. The van der Waals surface area contributed by atoms with E-state index >= 15 is 0 Å². The van der Waals surface area contributed by atoms with Gasteiger partial charge in [-0.25, -0.2) is 0 Å². The molecule has 2 heteroatoms. The maximum absolute atomic E-state index is 3.88. The molecular weight excluding hydrogens is 244 g/mol. The van der Waals surface area contributed by atoms with Crippen molar-refractivity contribution in [2.24, 2.45) is 11.8 Å². The lowest BCUT2D eigenvalue weighted by Gasteiger charge is -2.20. The van der Waals surface area contributed by atoms with Crippen LogP contribution in [0.5, 0.6) is 0 Å². The number of likely N-dealkylation sites (tertiary alicyclic amines) is 1. The predicted octanol–water partition coefficient (Wildman–Crippen LogP) is 4.54. The van der Waals surface area contributed by atoms with Gasteiger partial charge >= 0.3 is 0 Å². The van der Waals surface area contributed by atoms with Gasteiger partial charge < -0.3 is 4.90 Å². The molecule has 2 atom stereocenters. The third-order valence-corrected chi connectivity index (χ3v) is 4.26. The Morgan fingerprint density at radius 3 is 2.50 bits per heavy atom. The fourth-order valence-electron chi connectivity index (χ4n) is 2.79. The molecular formula is C18H32N2. The lowest BCUT2D eigenvalue weighted by Crippen LogP contribution is -2.28. The van der Waals surface area contributed by atoms with Crippen LogP contribution in [0.15, 0.2) is 24.5 Å². The molecule has 0 saturated carbocycles. The van der Waals surface area contributed by atoms with Crippen LogP contribution in [-0.4, -0.2) is 29.0 Å². The average molecular weight is 276 g/mol. The zero-order valence-electron chi connectivity index (χ0n) is 14.0. The second kappa shape index (κ2) is 9.12. The maximum atomic E-state index is 3.88. The van der Waals surface area contributed by atoms with E-state index in [9.17, 15) is 0 Å². The lowest BCUT2D eigenvalue weighted by atomic mass is 9.93. The summed E-state index contributed by atoms with van der Waals surface area (Å²) in [7, 11) is 0. The minimum Gasteiger partial charge on any atom is -0.300 e. The fourth-order valence-corrected chi connectivity index (χ4v) is 2.79. The zero-order chi connectivity index (χ0) is 15.0. The summed E-state index contributed by atoms with van der Waals surface area (Å²) in [6.07, 6.45) is 7.82. The summed E-state index contributed by atoms with van der Waals surface area (Å²) in [5.74, 6) is 1.90. The molecule has 20 heavy (non-hydrogen) atoms. The Hall–Kier alpha value is -0.890. The summed E-state index contributed by atoms with van der Waals surface area (Å²) in [4.78, 5) is 6.51. The molecule has 114 valence electrons. The molecule has 0 bridgehead atoms. The predicted molar refractivity (Wildman–Crippen MR) is 87.9 cm³/mol. The molecule has 0 aromatic carbocycles. The fraction of sp³-hybridized carbons (Fsp3) is 0.722. The number of hydrogen-bond acceptors (Lipinski definition) is 2. The van der Waals surface area contributed by atoms with Crippen molar-refractivity contribution in [1.82, 2.24) is 9.88 Å². The highest BCUT2D eigenvalue weighted by Gasteiger charge is 2.29.